The zero-order chi connectivity index (χ0) is 14.9. The molecule has 0 bridgehead atoms. The zero-order valence-electron chi connectivity index (χ0n) is 12.5. The molecule has 0 aromatic heterocycles. The number of halogens is 2. The van der Waals surface area contributed by atoms with Gasteiger partial charge in [-0.1, -0.05) is 36.6 Å². The molecule has 1 aliphatic carbocycles. The van der Waals surface area contributed by atoms with E-state index in [4.69, 9.17) is 16.3 Å². The minimum Gasteiger partial charge on any atom is -0.375 e. The second-order valence-corrected chi connectivity index (χ2v) is 7.63. The predicted molar refractivity (Wildman–Crippen MR) is 90.8 cm³/mol. The van der Waals surface area contributed by atoms with Crippen molar-refractivity contribution in [2.24, 2.45) is 5.92 Å². The molecule has 2 fully saturated rings. The van der Waals surface area contributed by atoms with Gasteiger partial charge in [-0.15, -0.1) is 0 Å². The number of nitrogens with one attached hydrogen (secondary N) is 1. The minimum absolute atomic E-state index is 0.149. The lowest BCUT2D eigenvalue weighted by Crippen LogP contribution is -2.41. The Morgan fingerprint density at radius 3 is 2.86 bits per heavy atom. The van der Waals surface area contributed by atoms with E-state index in [-0.39, 0.29) is 5.60 Å². The third-order valence-electron chi connectivity index (χ3n) is 5.14. The normalized spacial score (nSPS) is 26.1. The van der Waals surface area contributed by atoms with Gasteiger partial charge in [0.25, 0.3) is 0 Å². The number of rotatable bonds is 3. The van der Waals surface area contributed by atoms with E-state index in [0.717, 1.165) is 28.9 Å². The molecule has 1 saturated carbocycles. The molecule has 2 aliphatic rings. The topological polar surface area (TPSA) is 21.3 Å². The van der Waals surface area contributed by atoms with Gasteiger partial charge in [0, 0.05) is 17.1 Å². The third-order valence-corrected chi connectivity index (χ3v) is 6.46. The van der Waals surface area contributed by atoms with Gasteiger partial charge in [0.15, 0.2) is 0 Å². The van der Waals surface area contributed by atoms with Gasteiger partial charge in [0.2, 0.25) is 0 Å². The molecule has 1 heterocycles. The highest BCUT2D eigenvalue weighted by Gasteiger charge is 2.42. The first-order chi connectivity index (χ1) is 10.2. The summed E-state index contributed by atoms with van der Waals surface area (Å²) in [7, 11) is 2.04. The van der Waals surface area contributed by atoms with Crippen LogP contribution in [0, 0.1) is 5.92 Å². The van der Waals surface area contributed by atoms with Crippen LogP contribution in [0.15, 0.2) is 22.7 Å². The lowest BCUT2D eigenvalue weighted by Gasteiger charge is -2.41. The Morgan fingerprint density at radius 1 is 1.38 bits per heavy atom. The lowest BCUT2D eigenvalue weighted by molar-refractivity contribution is -0.0978. The summed E-state index contributed by atoms with van der Waals surface area (Å²) in [6.45, 7) is 0.883. The predicted octanol–water partition coefficient (Wildman–Crippen LogP) is 5.10. The molecule has 1 aromatic carbocycles. The van der Waals surface area contributed by atoms with E-state index >= 15 is 0 Å². The average Bonchev–Trinajstić information content (AvgIpc) is 2.92. The van der Waals surface area contributed by atoms with Crippen molar-refractivity contribution in [3.05, 3.63) is 33.3 Å². The molecule has 4 heteroatoms. The zero-order valence-corrected chi connectivity index (χ0v) is 14.8. The highest BCUT2D eigenvalue weighted by Crippen LogP contribution is 2.46. The molecule has 0 amide bonds. The molecule has 0 radical (unpaired) electrons. The van der Waals surface area contributed by atoms with Crippen molar-refractivity contribution in [2.75, 3.05) is 13.7 Å². The van der Waals surface area contributed by atoms with Crippen LogP contribution in [0.25, 0.3) is 0 Å². The van der Waals surface area contributed by atoms with Crippen LogP contribution in [-0.4, -0.2) is 19.3 Å². The fourth-order valence-corrected chi connectivity index (χ4v) is 4.75. The Morgan fingerprint density at radius 2 is 2.14 bits per heavy atom. The second kappa shape index (κ2) is 6.57. The van der Waals surface area contributed by atoms with Crippen LogP contribution in [0.5, 0.6) is 0 Å². The molecule has 2 unspecified atom stereocenters. The van der Waals surface area contributed by atoms with Crippen LogP contribution < -0.4 is 5.32 Å². The summed E-state index contributed by atoms with van der Waals surface area (Å²) in [6, 6.07) is 6.52. The summed E-state index contributed by atoms with van der Waals surface area (Å²) < 4.78 is 7.15. The smallest absolute Gasteiger partial charge is 0.0686 e. The van der Waals surface area contributed by atoms with E-state index in [1.165, 1.54) is 31.2 Å². The molecule has 1 spiro atoms. The molecule has 1 N–H and O–H groups in total. The number of hydrogen-bond acceptors (Lipinski definition) is 2. The van der Waals surface area contributed by atoms with E-state index in [9.17, 15) is 0 Å². The summed E-state index contributed by atoms with van der Waals surface area (Å²) in [5, 5.41) is 4.34. The standard InChI is InChI=1S/C17H23BrClNO/c1-20-16(13-5-4-6-14(18)15(13)19)12-7-10-21-17(11-12)8-2-3-9-17/h4-6,12,16,20H,2-3,7-11H2,1H3. The summed E-state index contributed by atoms with van der Waals surface area (Å²) >= 11 is 10.1. The molecule has 1 aliphatic heterocycles. The Balaban J connectivity index is 1.84. The molecule has 2 atom stereocenters. The Kier molecular flexibility index (Phi) is 4.94. The minimum atomic E-state index is 0.149. The monoisotopic (exact) mass is 371 g/mol. The molecule has 21 heavy (non-hydrogen) atoms. The molecule has 2 nitrogen and oxygen atoms in total. The van der Waals surface area contributed by atoms with Crippen molar-refractivity contribution in [1.82, 2.24) is 5.32 Å². The fraction of sp³-hybridized carbons (Fsp3) is 0.647. The van der Waals surface area contributed by atoms with E-state index in [1.54, 1.807) is 0 Å². The molecule has 1 saturated heterocycles. The maximum atomic E-state index is 6.52. The van der Waals surface area contributed by atoms with E-state index in [2.05, 4.69) is 33.4 Å². The summed E-state index contributed by atoms with van der Waals surface area (Å²) in [6.07, 6.45) is 7.35. The number of hydrogen-bond donors (Lipinski definition) is 1. The van der Waals surface area contributed by atoms with Crippen LogP contribution in [0.2, 0.25) is 5.02 Å². The highest BCUT2D eigenvalue weighted by atomic mass is 79.9. The highest BCUT2D eigenvalue weighted by molar-refractivity contribution is 9.10. The van der Waals surface area contributed by atoms with Gasteiger partial charge in [-0.3, -0.25) is 0 Å². The number of ether oxygens (including phenoxy) is 1. The fourth-order valence-electron chi connectivity index (χ4n) is 4.12. The first-order valence-corrected chi connectivity index (χ1v) is 9.07. The second-order valence-electron chi connectivity index (χ2n) is 6.40. The SMILES string of the molecule is CNC(c1cccc(Br)c1Cl)C1CCOC2(CCCC2)C1. The molecular formula is C17H23BrClNO. The Labute approximate surface area is 140 Å². The van der Waals surface area contributed by atoms with Crippen LogP contribution in [0.1, 0.15) is 50.1 Å². The lowest BCUT2D eigenvalue weighted by atomic mass is 9.78. The molecule has 3 rings (SSSR count). The Hall–Kier alpha value is -0.0900. The maximum absolute atomic E-state index is 6.52. The van der Waals surface area contributed by atoms with Crippen molar-refractivity contribution >= 4 is 27.5 Å². The van der Waals surface area contributed by atoms with E-state index < -0.39 is 0 Å². The van der Waals surface area contributed by atoms with Crippen molar-refractivity contribution < 1.29 is 4.74 Å². The van der Waals surface area contributed by atoms with Crippen LogP contribution >= 0.6 is 27.5 Å². The van der Waals surface area contributed by atoms with Gasteiger partial charge in [-0.05, 0) is 66.2 Å². The summed E-state index contributed by atoms with van der Waals surface area (Å²) in [5.74, 6) is 0.591. The van der Waals surface area contributed by atoms with Gasteiger partial charge < -0.3 is 10.1 Å². The van der Waals surface area contributed by atoms with Gasteiger partial charge in [-0.25, -0.2) is 0 Å². The first kappa shape index (κ1) is 15.8. The van der Waals surface area contributed by atoms with Crippen LogP contribution in [0.3, 0.4) is 0 Å². The number of benzene rings is 1. The van der Waals surface area contributed by atoms with Crippen molar-refractivity contribution in [3.8, 4) is 0 Å². The van der Waals surface area contributed by atoms with Crippen molar-refractivity contribution in [2.45, 2.75) is 50.2 Å². The summed E-state index contributed by atoms with van der Waals surface area (Å²) in [4.78, 5) is 0. The Bertz CT molecular complexity index is 502. The third kappa shape index (κ3) is 3.17. The average molecular weight is 373 g/mol. The van der Waals surface area contributed by atoms with Crippen molar-refractivity contribution in [3.63, 3.8) is 0 Å². The molecule has 116 valence electrons. The van der Waals surface area contributed by atoms with Crippen LogP contribution in [0.4, 0.5) is 0 Å². The largest absolute Gasteiger partial charge is 0.375 e. The van der Waals surface area contributed by atoms with E-state index in [0.29, 0.717) is 12.0 Å². The molecule has 1 aromatic rings. The maximum Gasteiger partial charge on any atom is 0.0686 e. The van der Waals surface area contributed by atoms with Gasteiger partial charge in [0.05, 0.1) is 10.6 Å². The van der Waals surface area contributed by atoms with Gasteiger partial charge in [0.1, 0.15) is 0 Å². The first-order valence-electron chi connectivity index (χ1n) is 7.90. The van der Waals surface area contributed by atoms with E-state index in [1.807, 2.05) is 13.1 Å². The van der Waals surface area contributed by atoms with Gasteiger partial charge in [-0.2, -0.15) is 0 Å². The molecular weight excluding hydrogens is 350 g/mol. The quantitative estimate of drug-likeness (QED) is 0.796. The van der Waals surface area contributed by atoms with Crippen LogP contribution in [-0.2, 0) is 4.74 Å². The summed E-state index contributed by atoms with van der Waals surface area (Å²) in [5.41, 5.74) is 1.35. The van der Waals surface area contributed by atoms with Crippen molar-refractivity contribution in [1.29, 1.82) is 0 Å². The van der Waals surface area contributed by atoms with Gasteiger partial charge >= 0.3 is 0 Å².